The number of carbonyl (C=O) groups excluding carboxylic acids is 2. The van der Waals surface area contributed by atoms with Crippen LogP contribution in [0.15, 0.2) is 29.2 Å². The lowest BCUT2D eigenvalue weighted by Gasteiger charge is -2.11. The van der Waals surface area contributed by atoms with Gasteiger partial charge in [-0.05, 0) is 23.8 Å². The standard InChI is InChI=1S/C14H13NO4S2/c1-18-10-5-3-4-9(6-10)7-11-13(17)15(14(20)21-11)8-12(16)19-2/h3-7H,8H2,1-2H3. The number of methoxy groups -OCH3 is 2. The van der Waals surface area contributed by atoms with Crippen molar-refractivity contribution in [1.29, 1.82) is 0 Å². The van der Waals surface area contributed by atoms with E-state index >= 15 is 0 Å². The van der Waals surface area contributed by atoms with Gasteiger partial charge in [0.15, 0.2) is 0 Å². The highest BCUT2D eigenvalue weighted by atomic mass is 32.2. The van der Waals surface area contributed by atoms with E-state index in [4.69, 9.17) is 17.0 Å². The van der Waals surface area contributed by atoms with Crippen molar-refractivity contribution in [2.24, 2.45) is 0 Å². The molecule has 7 heteroatoms. The molecule has 0 saturated carbocycles. The SMILES string of the molecule is COC(=O)CN1C(=O)C(=Cc2cccc(OC)c2)SC1=S. The van der Waals surface area contributed by atoms with E-state index in [1.54, 1.807) is 13.2 Å². The van der Waals surface area contributed by atoms with E-state index < -0.39 is 5.97 Å². The highest BCUT2D eigenvalue weighted by molar-refractivity contribution is 8.26. The molecule has 0 aliphatic carbocycles. The summed E-state index contributed by atoms with van der Waals surface area (Å²) in [5.41, 5.74) is 0.827. The predicted octanol–water partition coefficient (Wildman–Crippen LogP) is 2.07. The van der Waals surface area contributed by atoms with Crippen LogP contribution in [0, 0.1) is 0 Å². The molecule has 0 bridgehead atoms. The summed E-state index contributed by atoms with van der Waals surface area (Å²) in [5.74, 6) is -0.0964. The van der Waals surface area contributed by atoms with Crippen LogP contribution in [0.5, 0.6) is 5.75 Å². The zero-order chi connectivity index (χ0) is 15.4. The van der Waals surface area contributed by atoms with Crippen molar-refractivity contribution in [2.75, 3.05) is 20.8 Å². The zero-order valence-corrected chi connectivity index (χ0v) is 13.1. The number of carbonyl (C=O) groups is 2. The number of amides is 1. The van der Waals surface area contributed by atoms with Crippen molar-refractivity contribution in [2.45, 2.75) is 0 Å². The topological polar surface area (TPSA) is 55.8 Å². The number of esters is 1. The summed E-state index contributed by atoms with van der Waals surface area (Å²) in [7, 11) is 2.85. The lowest BCUT2D eigenvalue weighted by atomic mass is 10.2. The first-order valence-electron chi connectivity index (χ1n) is 6.01. The molecule has 0 N–H and O–H groups in total. The first kappa shape index (κ1) is 15.5. The van der Waals surface area contributed by atoms with Crippen molar-refractivity contribution in [3.05, 3.63) is 34.7 Å². The van der Waals surface area contributed by atoms with Crippen LogP contribution in [0.1, 0.15) is 5.56 Å². The Hall–Kier alpha value is -1.86. The Bertz CT molecular complexity index is 627. The molecule has 2 rings (SSSR count). The maximum Gasteiger partial charge on any atom is 0.325 e. The maximum absolute atomic E-state index is 12.2. The van der Waals surface area contributed by atoms with Gasteiger partial charge in [-0.15, -0.1) is 0 Å². The molecule has 0 unspecified atom stereocenters. The molecule has 1 saturated heterocycles. The van der Waals surface area contributed by atoms with Gasteiger partial charge in [0, 0.05) is 0 Å². The second-order valence-electron chi connectivity index (χ2n) is 4.12. The minimum absolute atomic E-state index is 0.170. The molecule has 1 amide bonds. The molecule has 1 aliphatic rings. The van der Waals surface area contributed by atoms with Crippen molar-refractivity contribution in [3.8, 4) is 5.75 Å². The fourth-order valence-corrected chi connectivity index (χ4v) is 2.97. The fourth-order valence-electron chi connectivity index (χ4n) is 1.71. The highest BCUT2D eigenvalue weighted by Gasteiger charge is 2.33. The third kappa shape index (κ3) is 3.62. The Morgan fingerprint density at radius 3 is 2.86 bits per heavy atom. The Morgan fingerprint density at radius 2 is 2.19 bits per heavy atom. The Labute approximate surface area is 131 Å². The average Bonchev–Trinajstić information content (AvgIpc) is 2.75. The third-order valence-electron chi connectivity index (χ3n) is 2.78. The van der Waals surface area contributed by atoms with Gasteiger partial charge in [0.2, 0.25) is 0 Å². The quantitative estimate of drug-likeness (QED) is 0.480. The van der Waals surface area contributed by atoms with Crippen LogP contribution < -0.4 is 4.74 Å². The molecule has 1 aromatic rings. The lowest BCUT2D eigenvalue weighted by Crippen LogP contribution is -2.33. The number of thioether (sulfide) groups is 1. The number of rotatable bonds is 4. The van der Waals surface area contributed by atoms with Crippen molar-refractivity contribution in [1.82, 2.24) is 4.90 Å². The predicted molar refractivity (Wildman–Crippen MR) is 84.9 cm³/mol. The molecular weight excluding hydrogens is 310 g/mol. The minimum Gasteiger partial charge on any atom is -0.497 e. The Morgan fingerprint density at radius 1 is 1.43 bits per heavy atom. The van der Waals surface area contributed by atoms with E-state index in [9.17, 15) is 9.59 Å². The van der Waals surface area contributed by atoms with Crippen molar-refractivity contribution < 1.29 is 19.1 Å². The van der Waals surface area contributed by atoms with Gasteiger partial charge in [0.05, 0.1) is 19.1 Å². The molecule has 0 aromatic heterocycles. The second-order valence-corrected chi connectivity index (χ2v) is 5.80. The first-order valence-corrected chi connectivity index (χ1v) is 7.24. The number of benzene rings is 1. The number of thiocarbonyl (C=S) groups is 1. The normalized spacial score (nSPS) is 16.5. The van der Waals surface area contributed by atoms with Crippen molar-refractivity contribution >= 4 is 46.3 Å². The molecule has 1 heterocycles. The van der Waals surface area contributed by atoms with Gasteiger partial charge < -0.3 is 9.47 Å². The van der Waals surface area contributed by atoms with Gasteiger partial charge in [0.1, 0.15) is 16.6 Å². The molecule has 0 atom stereocenters. The van der Waals surface area contributed by atoms with Gasteiger partial charge >= 0.3 is 5.97 Å². The lowest BCUT2D eigenvalue weighted by molar-refractivity contribution is -0.143. The summed E-state index contributed by atoms with van der Waals surface area (Å²) in [4.78, 5) is 25.2. The average molecular weight is 323 g/mol. The molecule has 21 heavy (non-hydrogen) atoms. The molecule has 110 valence electrons. The van der Waals surface area contributed by atoms with Crippen LogP contribution in [0.2, 0.25) is 0 Å². The summed E-state index contributed by atoms with van der Waals surface area (Å²) in [6.07, 6.45) is 1.72. The maximum atomic E-state index is 12.2. The van der Waals surface area contributed by atoms with Crippen LogP contribution >= 0.6 is 24.0 Å². The molecule has 0 radical (unpaired) electrons. The highest BCUT2D eigenvalue weighted by Crippen LogP contribution is 2.32. The molecule has 1 aliphatic heterocycles. The summed E-state index contributed by atoms with van der Waals surface area (Å²) >= 11 is 6.28. The molecule has 1 fully saturated rings. The molecule has 0 spiro atoms. The van der Waals surface area contributed by atoms with Crippen LogP contribution in [-0.4, -0.2) is 41.9 Å². The van der Waals surface area contributed by atoms with E-state index in [1.165, 1.54) is 12.0 Å². The summed E-state index contributed by atoms with van der Waals surface area (Å²) in [6.45, 7) is -0.170. The number of ether oxygens (including phenoxy) is 2. The molecule has 5 nitrogen and oxygen atoms in total. The van der Waals surface area contributed by atoms with E-state index in [0.717, 1.165) is 17.3 Å². The minimum atomic E-state index is -0.506. The summed E-state index contributed by atoms with van der Waals surface area (Å²) in [5, 5.41) is 0. The zero-order valence-electron chi connectivity index (χ0n) is 11.5. The van der Waals surface area contributed by atoms with Gasteiger partial charge in [0.25, 0.3) is 5.91 Å². The summed E-state index contributed by atoms with van der Waals surface area (Å²) in [6, 6.07) is 7.32. The van der Waals surface area contributed by atoms with Crippen LogP contribution in [0.4, 0.5) is 0 Å². The smallest absolute Gasteiger partial charge is 0.325 e. The largest absolute Gasteiger partial charge is 0.497 e. The van der Waals surface area contributed by atoms with Crippen molar-refractivity contribution in [3.63, 3.8) is 0 Å². The second kappa shape index (κ2) is 6.73. The third-order valence-corrected chi connectivity index (χ3v) is 4.16. The number of nitrogens with zero attached hydrogens (tertiary/aromatic N) is 1. The van der Waals surface area contributed by atoms with Gasteiger partial charge in [-0.2, -0.15) is 0 Å². The molecule has 1 aromatic carbocycles. The first-order chi connectivity index (χ1) is 10.0. The Balaban J connectivity index is 2.21. The van der Waals surface area contributed by atoms with E-state index in [0.29, 0.717) is 15.0 Å². The van der Waals surface area contributed by atoms with E-state index in [1.807, 2.05) is 24.3 Å². The monoisotopic (exact) mass is 323 g/mol. The van der Waals surface area contributed by atoms with Crippen LogP contribution in [-0.2, 0) is 14.3 Å². The number of hydrogen-bond donors (Lipinski definition) is 0. The van der Waals surface area contributed by atoms with Gasteiger partial charge in [-0.1, -0.05) is 36.1 Å². The van der Waals surface area contributed by atoms with Gasteiger partial charge in [-0.3, -0.25) is 14.5 Å². The summed E-state index contributed by atoms with van der Waals surface area (Å²) < 4.78 is 10.0. The van der Waals surface area contributed by atoms with E-state index in [-0.39, 0.29) is 12.5 Å². The fraction of sp³-hybridized carbons (Fsp3) is 0.214. The molecular formula is C14H13NO4S2. The van der Waals surface area contributed by atoms with Gasteiger partial charge in [-0.25, -0.2) is 0 Å². The van der Waals surface area contributed by atoms with E-state index in [2.05, 4.69) is 4.74 Å². The number of hydrogen-bond acceptors (Lipinski definition) is 6. The van der Waals surface area contributed by atoms with Crippen LogP contribution in [0.3, 0.4) is 0 Å². The Kier molecular flexibility index (Phi) is 4.98. The van der Waals surface area contributed by atoms with Crippen LogP contribution in [0.25, 0.3) is 6.08 Å².